The van der Waals surface area contributed by atoms with E-state index in [9.17, 15) is 4.79 Å². The second-order valence-corrected chi connectivity index (χ2v) is 10.3. The Morgan fingerprint density at radius 2 is 1.80 bits per heavy atom. The summed E-state index contributed by atoms with van der Waals surface area (Å²) in [6, 6.07) is 10.9. The first-order valence-corrected chi connectivity index (χ1v) is 12.7. The lowest BCUT2D eigenvalue weighted by Gasteiger charge is -2.30. The number of likely N-dealkylation sites (N-methyl/N-ethyl adjacent to an activating group) is 1. The van der Waals surface area contributed by atoms with Gasteiger partial charge in [0.15, 0.2) is 5.69 Å². The number of nitrogens with zero attached hydrogens (tertiary/aromatic N) is 4. The number of hydrogen-bond donors (Lipinski definition) is 0. The number of anilines is 1. The third-order valence-electron chi connectivity index (χ3n) is 6.33. The van der Waals surface area contributed by atoms with Gasteiger partial charge in [-0.15, -0.1) is 0 Å². The van der Waals surface area contributed by atoms with E-state index in [0.29, 0.717) is 40.3 Å². The van der Waals surface area contributed by atoms with Crippen LogP contribution in [0.1, 0.15) is 65.6 Å². The molecule has 2 heterocycles. The van der Waals surface area contributed by atoms with Gasteiger partial charge in [0.1, 0.15) is 12.4 Å². The van der Waals surface area contributed by atoms with E-state index in [1.54, 1.807) is 17.0 Å². The Bertz CT molecular complexity index is 1250. The number of halogens is 2. The van der Waals surface area contributed by atoms with Crippen LogP contribution in [0.25, 0.3) is 0 Å². The maximum atomic E-state index is 14.0. The Hall–Kier alpha value is -2.54. The fourth-order valence-electron chi connectivity index (χ4n) is 4.75. The van der Waals surface area contributed by atoms with Crippen LogP contribution in [-0.2, 0) is 6.54 Å². The van der Waals surface area contributed by atoms with Crippen molar-refractivity contribution in [3.63, 3.8) is 0 Å². The number of amides is 1. The Labute approximate surface area is 217 Å². The lowest BCUT2D eigenvalue weighted by molar-refractivity contribution is 0.0986. The Kier molecular flexibility index (Phi) is 7.46. The number of aryl methyl sites for hydroxylation is 2. The molecule has 2 aromatic carbocycles. The van der Waals surface area contributed by atoms with E-state index >= 15 is 0 Å². The molecule has 4 rings (SSSR count). The van der Waals surface area contributed by atoms with Crippen molar-refractivity contribution in [3.8, 4) is 5.75 Å². The van der Waals surface area contributed by atoms with Crippen LogP contribution in [0.15, 0.2) is 36.4 Å². The molecular weight excluding hydrogens is 483 g/mol. The number of ether oxygens (including phenoxy) is 1. The Balaban J connectivity index is 1.93. The summed E-state index contributed by atoms with van der Waals surface area (Å²) in [4.78, 5) is 17.9. The third-order valence-corrected chi connectivity index (χ3v) is 6.80. The first-order valence-electron chi connectivity index (χ1n) is 11.9. The van der Waals surface area contributed by atoms with Gasteiger partial charge in [-0.1, -0.05) is 43.1 Å². The quantitative estimate of drug-likeness (QED) is 0.352. The van der Waals surface area contributed by atoms with Crippen LogP contribution in [0.4, 0.5) is 5.69 Å². The molecule has 1 unspecified atom stereocenters. The Morgan fingerprint density at radius 1 is 1.11 bits per heavy atom. The van der Waals surface area contributed by atoms with E-state index in [4.69, 9.17) is 33.0 Å². The number of fused-ring (bicyclic) bond motifs is 1. The number of hydrogen-bond acceptors (Lipinski definition) is 4. The highest BCUT2D eigenvalue weighted by atomic mass is 35.5. The molecule has 3 aromatic rings. The monoisotopic (exact) mass is 514 g/mol. The average molecular weight is 515 g/mol. The van der Waals surface area contributed by atoms with Gasteiger partial charge in [-0.2, -0.15) is 5.10 Å². The lowest BCUT2D eigenvalue weighted by atomic mass is 9.92. The molecule has 0 saturated carbocycles. The minimum absolute atomic E-state index is 0.159. The van der Waals surface area contributed by atoms with Gasteiger partial charge in [-0.05, 0) is 75.3 Å². The molecule has 0 spiro atoms. The molecule has 0 aliphatic carbocycles. The van der Waals surface area contributed by atoms with Crippen LogP contribution in [-0.4, -0.2) is 47.8 Å². The summed E-state index contributed by atoms with van der Waals surface area (Å²) in [6.45, 7) is 10.3. The molecule has 8 heteroatoms. The number of benzene rings is 2. The van der Waals surface area contributed by atoms with Gasteiger partial charge in [-0.3, -0.25) is 14.4 Å². The fourth-order valence-corrected chi connectivity index (χ4v) is 5.15. The van der Waals surface area contributed by atoms with Crippen molar-refractivity contribution >= 4 is 34.8 Å². The van der Waals surface area contributed by atoms with Crippen molar-refractivity contribution in [3.05, 3.63) is 74.5 Å². The second kappa shape index (κ2) is 10.2. The van der Waals surface area contributed by atoms with Crippen molar-refractivity contribution in [1.29, 1.82) is 0 Å². The standard InChI is InChI=1S/C27H32Cl2N4O2/c1-7-32-25(16(2)3)23-24(30-32)27(34)33(26(23)20-10-8-18(28)14-17(20)4)21-15-19(29)9-11-22(21)35-13-12-31(5)6/h8-11,14-16,26H,7,12-13H2,1-6H3. The summed E-state index contributed by atoms with van der Waals surface area (Å²) < 4.78 is 8.11. The molecule has 1 atom stereocenters. The zero-order valence-corrected chi connectivity index (χ0v) is 22.6. The smallest absolute Gasteiger partial charge is 0.280 e. The highest BCUT2D eigenvalue weighted by Gasteiger charge is 2.45. The maximum Gasteiger partial charge on any atom is 0.280 e. The molecule has 186 valence electrons. The number of carbonyl (C=O) groups excluding carboxylic acids is 1. The van der Waals surface area contributed by atoms with Crippen LogP contribution in [0.2, 0.25) is 10.0 Å². The molecule has 0 bridgehead atoms. The largest absolute Gasteiger partial charge is 0.490 e. The summed E-state index contributed by atoms with van der Waals surface area (Å²) in [5, 5.41) is 5.96. The van der Waals surface area contributed by atoms with E-state index < -0.39 is 0 Å². The van der Waals surface area contributed by atoms with Gasteiger partial charge in [0, 0.05) is 34.4 Å². The first-order chi connectivity index (χ1) is 16.6. The zero-order valence-electron chi connectivity index (χ0n) is 21.1. The van der Waals surface area contributed by atoms with Crippen molar-refractivity contribution in [2.24, 2.45) is 0 Å². The van der Waals surface area contributed by atoms with E-state index in [1.807, 2.05) is 56.9 Å². The summed E-state index contributed by atoms with van der Waals surface area (Å²) in [7, 11) is 3.99. The van der Waals surface area contributed by atoms with Crippen molar-refractivity contribution in [2.45, 2.75) is 46.2 Å². The van der Waals surface area contributed by atoms with Gasteiger partial charge >= 0.3 is 0 Å². The summed E-state index contributed by atoms with van der Waals surface area (Å²) in [5.41, 5.74) is 5.12. The van der Waals surface area contributed by atoms with E-state index in [-0.39, 0.29) is 17.9 Å². The SMILES string of the molecule is CCn1nc2c(c1C(C)C)C(c1ccc(Cl)cc1C)N(c1cc(Cl)ccc1OCCN(C)C)C2=O. The van der Waals surface area contributed by atoms with Gasteiger partial charge in [0.05, 0.1) is 11.7 Å². The van der Waals surface area contributed by atoms with Crippen LogP contribution in [0, 0.1) is 6.92 Å². The first kappa shape index (κ1) is 25.5. The normalized spacial score (nSPS) is 15.4. The number of rotatable bonds is 8. The van der Waals surface area contributed by atoms with Crippen LogP contribution in [0.3, 0.4) is 0 Å². The molecule has 1 aromatic heterocycles. The van der Waals surface area contributed by atoms with E-state index in [2.05, 4.69) is 18.7 Å². The number of carbonyl (C=O) groups is 1. The fraction of sp³-hybridized carbons (Fsp3) is 0.407. The van der Waals surface area contributed by atoms with Crippen molar-refractivity contribution < 1.29 is 9.53 Å². The zero-order chi connectivity index (χ0) is 25.4. The molecular formula is C27H32Cl2N4O2. The van der Waals surface area contributed by atoms with E-state index in [0.717, 1.165) is 28.9 Å². The van der Waals surface area contributed by atoms with Gasteiger partial charge < -0.3 is 9.64 Å². The molecule has 35 heavy (non-hydrogen) atoms. The molecule has 0 fully saturated rings. The van der Waals surface area contributed by atoms with Gasteiger partial charge in [0.2, 0.25) is 0 Å². The van der Waals surface area contributed by atoms with Crippen molar-refractivity contribution in [1.82, 2.24) is 14.7 Å². The van der Waals surface area contributed by atoms with Crippen LogP contribution >= 0.6 is 23.2 Å². The second-order valence-electron chi connectivity index (χ2n) is 9.46. The molecule has 1 aliphatic rings. The predicted octanol–water partition coefficient (Wildman–Crippen LogP) is 6.33. The maximum absolute atomic E-state index is 14.0. The summed E-state index contributed by atoms with van der Waals surface area (Å²) >= 11 is 12.8. The Morgan fingerprint density at radius 3 is 2.43 bits per heavy atom. The minimum Gasteiger partial charge on any atom is -0.490 e. The molecule has 0 radical (unpaired) electrons. The highest BCUT2D eigenvalue weighted by Crippen LogP contribution is 2.48. The molecule has 0 saturated heterocycles. The molecule has 1 amide bonds. The van der Waals surface area contributed by atoms with Crippen LogP contribution < -0.4 is 9.64 Å². The van der Waals surface area contributed by atoms with Crippen LogP contribution in [0.5, 0.6) is 5.75 Å². The van der Waals surface area contributed by atoms with Crippen molar-refractivity contribution in [2.75, 3.05) is 32.1 Å². The van der Waals surface area contributed by atoms with Gasteiger partial charge in [0.25, 0.3) is 5.91 Å². The third kappa shape index (κ3) is 4.80. The summed E-state index contributed by atoms with van der Waals surface area (Å²) in [5.74, 6) is 0.637. The number of aromatic nitrogens is 2. The van der Waals surface area contributed by atoms with E-state index in [1.165, 1.54) is 0 Å². The average Bonchev–Trinajstić information content (AvgIpc) is 3.29. The van der Waals surface area contributed by atoms with Gasteiger partial charge in [-0.25, -0.2) is 0 Å². The lowest BCUT2D eigenvalue weighted by Crippen LogP contribution is -2.31. The minimum atomic E-state index is -0.373. The molecule has 1 aliphatic heterocycles. The summed E-state index contributed by atoms with van der Waals surface area (Å²) in [6.07, 6.45) is 0. The molecule has 0 N–H and O–H groups in total. The topological polar surface area (TPSA) is 50.6 Å². The predicted molar refractivity (Wildman–Crippen MR) is 142 cm³/mol. The highest BCUT2D eigenvalue weighted by molar-refractivity contribution is 6.31. The molecule has 6 nitrogen and oxygen atoms in total.